The van der Waals surface area contributed by atoms with Gasteiger partial charge >= 0.3 is 0 Å². The summed E-state index contributed by atoms with van der Waals surface area (Å²) in [6, 6.07) is 5.95. The summed E-state index contributed by atoms with van der Waals surface area (Å²) in [5.41, 5.74) is 3.14. The van der Waals surface area contributed by atoms with Gasteiger partial charge in [-0.15, -0.1) is 11.3 Å². The smallest absolute Gasteiger partial charge is 0.129 e. The second-order valence-electron chi connectivity index (χ2n) is 4.25. The maximum Gasteiger partial charge on any atom is 0.129 e. The first-order valence-electron chi connectivity index (χ1n) is 5.60. The molecule has 0 bridgehead atoms. The lowest BCUT2D eigenvalue weighted by molar-refractivity contribution is 0.223. The van der Waals surface area contributed by atoms with Crippen molar-refractivity contribution in [1.82, 2.24) is 0 Å². The molecule has 2 rings (SSSR count). The fourth-order valence-electron chi connectivity index (χ4n) is 1.84. The van der Waals surface area contributed by atoms with Gasteiger partial charge < -0.3 is 9.84 Å². The second-order valence-corrected chi connectivity index (χ2v) is 6.05. The number of methoxy groups -OCH3 is 1. The van der Waals surface area contributed by atoms with E-state index in [1.54, 1.807) is 7.11 Å². The van der Waals surface area contributed by atoms with Crippen molar-refractivity contribution in [2.45, 2.75) is 20.0 Å². The third kappa shape index (κ3) is 2.60. The Labute approximate surface area is 119 Å². The van der Waals surface area contributed by atoms with Gasteiger partial charge in [0.2, 0.25) is 0 Å². The highest BCUT2D eigenvalue weighted by atomic mass is 79.9. The van der Waals surface area contributed by atoms with Crippen molar-refractivity contribution >= 4 is 27.3 Å². The first-order valence-corrected chi connectivity index (χ1v) is 7.27. The predicted octanol–water partition coefficient (Wildman–Crippen LogP) is 4.22. The normalized spacial score (nSPS) is 12.5. The Morgan fingerprint density at radius 2 is 1.94 bits per heavy atom. The molecule has 0 radical (unpaired) electrons. The number of rotatable bonds is 3. The molecule has 0 aliphatic rings. The Morgan fingerprint density at radius 1 is 1.22 bits per heavy atom. The maximum atomic E-state index is 10.4. The van der Waals surface area contributed by atoms with Crippen LogP contribution >= 0.6 is 27.3 Å². The van der Waals surface area contributed by atoms with Crippen LogP contribution in [0.3, 0.4) is 0 Å². The van der Waals surface area contributed by atoms with Gasteiger partial charge in [0, 0.05) is 14.7 Å². The van der Waals surface area contributed by atoms with Gasteiger partial charge in [-0.2, -0.15) is 0 Å². The summed E-state index contributed by atoms with van der Waals surface area (Å²) in [5, 5.41) is 12.3. The maximum absolute atomic E-state index is 10.4. The van der Waals surface area contributed by atoms with Crippen LogP contribution in [0, 0.1) is 13.8 Å². The molecule has 1 aromatic carbocycles. The van der Waals surface area contributed by atoms with Crippen LogP contribution in [-0.2, 0) is 0 Å². The third-order valence-corrected chi connectivity index (χ3v) is 4.76. The largest absolute Gasteiger partial charge is 0.496 e. The molecule has 1 heterocycles. The van der Waals surface area contributed by atoms with E-state index in [0.29, 0.717) is 0 Å². The van der Waals surface area contributed by atoms with Crippen LogP contribution in [0.25, 0.3) is 0 Å². The first kappa shape index (κ1) is 13.6. The molecule has 1 atom stereocenters. The predicted molar refractivity (Wildman–Crippen MR) is 78.5 cm³/mol. The quantitative estimate of drug-likeness (QED) is 0.915. The zero-order valence-electron chi connectivity index (χ0n) is 10.5. The standard InChI is InChI=1S/C14H15BrO2S/c1-8-5-12(15)9(2)4-11(8)14(16)13-6-10(17-3)7-18-13/h4-7,14,16H,1-3H3. The van der Waals surface area contributed by atoms with E-state index in [4.69, 9.17) is 4.74 Å². The van der Waals surface area contributed by atoms with E-state index in [9.17, 15) is 5.11 Å². The molecule has 18 heavy (non-hydrogen) atoms. The molecule has 0 saturated carbocycles. The Kier molecular flexibility index (Phi) is 4.10. The van der Waals surface area contributed by atoms with Crippen LogP contribution in [0.1, 0.15) is 27.7 Å². The van der Waals surface area contributed by atoms with E-state index < -0.39 is 6.10 Å². The van der Waals surface area contributed by atoms with E-state index in [-0.39, 0.29) is 0 Å². The summed E-state index contributed by atoms with van der Waals surface area (Å²) in [7, 11) is 1.63. The van der Waals surface area contributed by atoms with Crippen LogP contribution in [-0.4, -0.2) is 12.2 Å². The van der Waals surface area contributed by atoms with E-state index >= 15 is 0 Å². The molecular formula is C14H15BrO2S. The van der Waals surface area contributed by atoms with Crippen molar-refractivity contribution in [2.24, 2.45) is 0 Å². The monoisotopic (exact) mass is 326 g/mol. The van der Waals surface area contributed by atoms with Gasteiger partial charge in [0.25, 0.3) is 0 Å². The van der Waals surface area contributed by atoms with Crippen molar-refractivity contribution in [1.29, 1.82) is 0 Å². The minimum atomic E-state index is -0.592. The summed E-state index contributed by atoms with van der Waals surface area (Å²) in [5.74, 6) is 0.792. The number of thiophene rings is 1. The summed E-state index contributed by atoms with van der Waals surface area (Å²) < 4.78 is 6.21. The van der Waals surface area contributed by atoms with E-state index in [1.807, 2.05) is 37.4 Å². The Bertz CT molecular complexity index is 563. The van der Waals surface area contributed by atoms with E-state index in [1.165, 1.54) is 11.3 Å². The zero-order chi connectivity index (χ0) is 13.3. The third-order valence-electron chi connectivity index (χ3n) is 2.94. The number of hydrogen-bond acceptors (Lipinski definition) is 3. The molecule has 2 aromatic rings. The number of hydrogen-bond donors (Lipinski definition) is 1. The fraction of sp³-hybridized carbons (Fsp3) is 0.286. The van der Waals surface area contributed by atoms with Crippen LogP contribution < -0.4 is 4.74 Å². The van der Waals surface area contributed by atoms with Crippen molar-refractivity contribution in [2.75, 3.05) is 7.11 Å². The van der Waals surface area contributed by atoms with Gasteiger partial charge in [0.15, 0.2) is 0 Å². The number of ether oxygens (including phenoxy) is 1. The lowest BCUT2D eigenvalue weighted by Gasteiger charge is -2.14. The Hall–Kier alpha value is -0.840. The van der Waals surface area contributed by atoms with Gasteiger partial charge in [-0.05, 0) is 42.7 Å². The van der Waals surface area contributed by atoms with Crippen LogP contribution in [0.5, 0.6) is 5.75 Å². The molecule has 1 unspecified atom stereocenters. The van der Waals surface area contributed by atoms with Crippen LogP contribution in [0.2, 0.25) is 0 Å². The van der Waals surface area contributed by atoms with Gasteiger partial charge in [0.1, 0.15) is 11.9 Å². The average molecular weight is 327 g/mol. The van der Waals surface area contributed by atoms with Crippen molar-refractivity contribution in [3.05, 3.63) is 49.6 Å². The lowest BCUT2D eigenvalue weighted by Crippen LogP contribution is -2.01. The number of aliphatic hydroxyl groups excluding tert-OH is 1. The van der Waals surface area contributed by atoms with Gasteiger partial charge in [-0.3, -0.25) is 0 Å². The van der Waals surface area contributed by atoms with Gasteiger partial charge in [-0.1, -0.05) is 22.0 Å². The highest BCUT2D eigenvalue weighted by Crippen LogP contribution is 2.34. The van der Waals surface area contributed by atoms with Crippen molar-refractivity contribution in [3.63, 3.8) is 0 Å². The molecule has 0 fully saturated rings. The van der Waals surface area contributed by atoms with Crippen molar-refractivity contribution < 1.29 is 9.84 Å². The first-order chi connectivity index (χ1) is 8.52. The summed E-state index contributed by atoms with van der Waals surface area (Å²) in [6.45, 7) is 4.03. The van der Waals surface area contributed by atoms with E-state index in [2.05, 4.69) is 15.9 Å². The number of halogens is 1. The SMILES string of the molecule is COc1csc(C(O)c2cc(C)c(Br)cc2C)c1. The molecule has 1 N–H and O–H groups in total. The Morgan fingerprint density at radius 3 is 2.56 bits per heavy atom. The summed E-state index contributed by atoms with van der Waals surface area (Å²) in [6.07, 6.45) is -0.592. The Balaban J connectivity index is 2.39. The average Bonchev–Trinajstić information content (AvgIpc) is 2.81. The molecular weight excluding hydrogens is 312 g/mol. The number of aliphatic hydroxyl groups is 1. The molecule has 96 valence electrons. The van der Waals surface area contributed by atoms with Gasteiger partial charge in [0.05, 0.1) is 7.11 Å². The summed E-state index contributed by atoms with van der Waals surface area (Å²) in [4.78, 5) is 0.900. The minimum absolute atomic E-state index is 0.592. The molecule has 0 aliphatic heterocycles. The molecule has 1 aromatic heterocycles. The van der Waals surface area contributed by atoms with Crippen molar-refractivity contribution in [3.8, 4) is 5.75 Å². The second kappa shape index (κ2) is 5.43. The minimum Gasteiger partial charge on any atom is -0.496 e. The molecule has 4 heteroatoms. The lowest BCUT2D eigenvalue weighted by atomic mass is 10.00. The van der Waals surface area contributed by atoms with E-state index in [0.717, 1.165) is 31.8 Å². The number of aryl methyl sites for hydroxylation is 2. The van der Waals surface area contributed by atoms with Gasteiger partial charge in [-0.25, -0.2) is 0 Å². The molecule has 0 spiro atoms. The molecule has 2 nitrogen and oxygen atoms in total. The molecule has 0 saturated heterocycles. The summed E-state index contributed by atoms with van der Waals surface area (Å²) >= 11 is 5.01. The zero-order valence-corrected chi connectivity index (χ0v) is 12.9. The highest BCUT2D eigenvalue weighted by Gasteiger charge is 2.16. The molecule has 0 amide bonds. The highest BCUT2D eigenvalue weighted by molar-refractivity contribution is 9.10. The fourth-order valence-corrected chi connectivity index (χ4v) is 3.15. The molecule has 0 aliphatic carbocycles. The topological polar surface area (TPSA) is 29.5 Å². The number of benzene rings is 1. The van der Waals surface area contributed by atoms with Crippen LogP contribution in [0.4, 0.5) is 0 Å². The van der Waals surface area contributed by atoms with Crippen LogP contribution in [0.15, 0.2) is 28.1 Å².